The van der Waals surface area contributed by atoms with Gasteiger partial charge in [0.15, 0.2) is 0 Å². The van der Waals surface area contributed by atoms with E-state index in [2.05, 4.69) is 47.8 Å². The van der Waals surface area contributed by atoms with E-state index in [4.69, 9.17) is 0 Å². The average molecular weight is 279 g/mol. The maximum atomic E-state index is 11.0. The standard InChI is InChI=1S/C19H21NO/c21-19(10-9-14-5-3-4-8-18(14)19)13-20-17-11-15-6-1-2-7-16(15)12-17/h1-8,17,20-21H,9-13H2. The maximum absolute atomic E-state index is 11.0. The molecule has 4 rings (SSSR count). The number of aliphatic hydroxyl groups is 1. The molecule has 1 atom stereocenters. The van der Waals surface area contributed by atoms with Gasteiger partial charge < -0.3 is 10.4 Å². The Hall–Kier alpha value is -1.64. The number of hydrogen-bond acceptors (Lipinski definition) is 2. The molecule has 0 amide bonds. The highest BCUT2D eigenvalue weighted by molar-refractivity contribution is 5.38. The van der Waals surface area contributed by atoms with Gasteiger partial charge in [-0.05, 0) is 47.9 Å². The van der Waals surface area contributed by atoms with Gasteiger partial charge in [0.2, 0.25) is 0 Å². The predicted octanol–water partition coefficient (Wildman–Crippen LogP) is 2.58. The number of nitrogens with one attached hydrogen (secondary N) is 1. The molecule has 0 saturated carbocycles. The van der Waals surface area contributed by atoms with Crippen LogP contribution < -0.4 is 5.32 Å². The van der Waals surface area contributed by atoms with Crippen molar-refractivity contribution >= 4 is 0 Å². The zero-order valence-corrected chi connectivity index (χ0v) is 12.2. The first-order chi connectivity index (χ1) is 10.2. The third kappa shape index (κ3) is 2.29. The summed E-state index contributed by atoms with van der Waals surface area (Å²) in [4.78, 5) is 0. The molecule has 21 heavy (non-hydrogen) atoms. The predicted molar refractivity (Wildman–Crippen MR) is 84.3 cm³/mol. The minimum Gasteiger partial charge on any atom is -0.384 e. The Morgan fingerprint density at radius 1 is 0.952 bits per heavy atom. The Bertz CT molecular complexity index is 641. The number of benzene rings is 2. The van der Waals surface area contributed by atoms with E-state index in [0.29, 0.717) is 12.6 Å². The second-order valence-corrected chi connectivity index (χ2v) is 6.44. The van der Waals surface area contributed by atoms with Gasteiger partial charge in [-0.2, -0.15) is 0 Å². The highest BCUT2D eigenvalue weighted by Crippen LogP contribution is 2.36. The molecule has 2 aromatic rings. The molecule has 0 spiro atoms. The quantitative estimate of drug-likeness (QED) is 0.905. The Morgan fingerprint density at radius 2 is 1.57 bits per heavy atom. The Morgan fingerprint density at radius 3 is 2.29 bits per heavy atom. The summed E-state index contributed by atoms with van der Waals surface area (Å²) in [5.41, 5.74) is 4.64. The number of hydrogen-bond donors (Lipinski definition) is 2. The van der Waals surface area contributed by atoms with Crippen LogP contribution in [0.25, 0.3) is 0 Å². The van der Waals surface area contributed by atoms with Crippen LogP contribution in [0.4, 0.5) is 0 Å². The average Bonchev–Trinajstić information content (AvgIpc) is 3.08. The third-order valence-corrected chi connectivity index (χ3v) is 5.06. The first-order valence-corrected chi connectivity index (χ1v) is 7.85. The van der Waals surface area contributed by atoms with Gasteiger partial charge in [0, 0.05) is 12.6 Å². The Kier molecular flexibility index (Phi) is 3.09. The van der Waals surface area contributed by atoms with Crippen LogP contribution in [0, 0.1) is 0 Å². The van der Waals surface area contributed by atoms with Crippen LogP contribution in [0.3, 0.4) is 0 Å². The lowest BCUT2D eigenvalue weighted by molar-refractivity contribution is 0.0361. The minimum absolute atomic E-state index is 0.458. The molecule has 0 fully saturated rings. The van der Waals surface area contributed by atoms with E-state index < -0.39 is 5.60 Å². The fourth-order valence-electron chi connectivity index (χ4n) is 3.87. The second-order valence-electron chi connectivity index (χ2n) is 6.44. The van der Waals surface area contributed by atoms with E-state index in [0.717, 1.165) is 31.2 Å². The first kappa shape index (κ1) is 13.1. The van der Waals surface area contributed by atoms with Crippen molar-refractivity contribution in [1.82, 2.24) is 5.32 Å². The molecule has 2 aliphatic carbocycles. The molecule has 0 radical (unpaired) electrons. The van der Waals surface area contributed by atoms with Crippen LogP contribution in [0.1, 0.15) is 28.7 Å². The van der Waals surface area contributed by atoms with Gasteiger partial charge in [0.25, 0.3) is 0 Å². The van der Waals surface area contributed by atoms with Gasteiger partial charge in [-0.25, -0.2) is 0 Å². The van der Waals surface area contributed by atoms with Gasteiger partial charge in [0.05, 0.1) is 0 Å². The zero-order chi connectivity index (χ0) is 14.3. The molecule has 0 aromatic heterocycles. The summed E-state index contributed by atoms with van der Waals surface area (Å²) in [5.74, 6) is 0. The summed E-state index contributed by atoms with van der Waals surface area (Å²) >= 11 is 0. The largest absolute Gasteiger partial charge is 0.384 e. The molecule has 2 N–H and O–H groups in total. The Labute approximate surface area is 125 Å². The van der Waals surface area contributed by atoms with Crippen molar-refractivity contribution in [2.45, 2.75) is 37.3 Å². The molecule has 0 aliphatic heterocycles. The van der Waals surface area contributed by atoms with Gasteiger partial charge in [-0.1, -0.05) is 48.5 Å². The van der Waals surface area contributed by atoms with E-state index in [1.165, 1.54) is 16.7 Å². The fourth-order valence-corrected chi connectivity index (χ4v) is 3.87. The van der Waals surface area contributed by atoms with Crippen molar-refractivity contribution in [2.75, 3.05) is 6.54 Å². The van der Waals surface area contributed by atoms with E-state index in [-0.39, 0.29) is 0 Å². The number of aryl methyl sites for hydroxylation is 1. The smallest absolute Gasteiger partial charge is 0.103 e. The summed E-state index contributed by atoms with van der Waals surface area (Å²) < 4.78 is 0. The van der Waals surface area contributed by atoms with E-state index >= 15 is 0 Å². The van der Waals surface area contributed by atoms with E-state index in [1.54, 1.807) is 0 Å². The van der Waals surface area contributed by atoms with Crippen molar-refractivity contribution < 1.29 is 5.11 Å². The molecule has 108 valence electrons. The van der Waals surface area contributed by atoms with E-state index in [9.17, 15) is 5.11 Å². The monoisotopic (exact) mass is 279 g/mol. The zero-order valence-electron chi connectivity index (χ0n) is 12.2. The third-order valence-electron chi connectivity index (χ3n) is 5.06. The van der Waals surface area contributed by atoms with Crippen LogP contribution in [0.5, 0.6) is 0 Å². The lowest BCUT2D eigenvalue weighted by Gasteiger charge is -2.26. The molecule has 2 nitrogen and oxygen atoms in total. The summed E-state index contributed by atoms with van der Waals surface area (Å²) in [6, 6.07) is 17.4. The van der Waals surface area contributed by atoms with Gasteiger partial charge >= 0.3 is 0 Å². The lowest BCUT2D eigenvalue weighted by atomic mass is 9.95. The first-order valence-electron chi connectivity index (χ1n) is 7.85. The number of rotatable bonds is 3. The highest BCUT2D eigenvalue weighted by atomic mass is 16.3. The highest BCUT2D eigenvalue weighted by Gasteiger charge is 2.37. The molecule has 2 heteroatoms. The molecule has 2 aliphatic rings. The van der Waals surface area contributed by atoms with Crippen molar-refractivity contribution in [1.29, 1.82) is 0 Å². The normalized spacial score (nSPS) is 24.0. The van der Waals surface area contributed by atoms with Crippen LogP contribution in [0.2, 0.25) is 0 Å². The van der Waals surface area contributed by atoms with Crippen LogP contribution >= 0.6 is 0 Å². The Balaban J connectivity index is 1.45. The second kappa shape index (κ2) is 4.97. The van der Waals surface area contributed by atoms with Crippen LogP contribution in [-0.2, 0) is 24.9 Å². The lowest BCUT2D eigenvalue weighted by Crippen LogP contribution is -2.41. The van der Waals surface area contributed by atoms with Crippen molar-refractivity contribution in [2.24, 2.45) is 0 Å². The SMILES string of the molecule is OC1(CNC2Cc3ccccc3C2)CCc2ccccc21. The van der Waals surface area contributed by atoms with Gasteiger partial charge in [0.1, 0.15) is 5.60 Å². The molecule has 0 heterocycles. The summed E-state index contributed by atoms with van der Waals surface area (Å²) in [6.45, 7) is 0.655. The summed E-state index contributed by atoms with van der Waals surface area (Å²) in [5, 5.41) is 14.6. The fraction of sp³-hybridized carbons (Fsp3) is 0.368. The molecule has 0 saturated heterocycles. The molecule has 2 aromatic carbocycles. The van der Waals surface area contributed by atoms with Gasteiger partial charge in [-0.3, -0.25) is 0 Å². The number of fused-ring (bicyclic) bond motifs is 2. The van der Waals surface area contributed by atoms with Crippen molar-refractivity contribution in [3.8, 4) is 0 Å². The summed E-state index contributed by atoms with van der Waals surface area (Å²) in [6.07, 6.45) is 3.97. The van der Waals surface area contributed by atoms with Crippen molar-refractivity contribution in [3.05, 3.63) is 70.8 Å². The minimum atomic E-state index is -0.689. The van der Waals surface area contributed by atoms with Crippen LogP contribution in [0.15, 0.2) is 48.5 Å². The topological polar surface area (TPSA) is 32.3 Å². The summed E-state index contributed by atoms with van der Waals surface area (Å²) in [7, 11) is 0. The van der Waals surface area contributed by atoms with E-state index in [1.807, 2.05) is 6.07 Å². The maximum Gasteiger partial charge on any atom is 0.103 e. The molecular formula is C19H21NO. The van der Waals surface area contributed by atoms with Gasteiger partial charge in [-0.15, -0.1) is 0 Å². The molecule has 0 bridgehead atoms. The molecule has 1 unspecified atom stereocenters. The van der Waals surface area contributed by atoms with Crippen LogP contribution in [-0.4, -0.2) is 17.7 Å². The molecular weight excluding hydrogens is 258 g/mol. The van der Waals surface area contributed by atoms with Crippen molar-refractivity contribution in [3.63, 3.8) is 0 Å².